The standard InChI is InChI=1S/C21H26N4O2/c1-5-24(10-11-26)21(27)17-12-19(16-9-7-6-8-15(16)4)23-20-18(17)13-22-25(20)14(2)3/h6-9,12-14,26H,5,10-11H2,1-4H3. The van der Waals surface area contributed by atoms with Crippen LogP contribution in [0.15, 0.2) is 36.5 Å². The molecule has 0 saturated carbocycles. The number of aromatic nitrogens is 3. The van der Waals surface area contributed by atoms with Gasteiger partial charge in [0, 0.05) is 24.7 Å². The van der Waals surface area contributed by atoms with Crippen LogP contribution in [0.25, 0.3) is 22.3 Å². The van der Waals surface area contributed by atoms with Gasteiger partial charge in [0.15, 0.2) is 5.65 Å². The molecule has 0 aliphatic rings. The van der Waals surface area contributed by atoms with Crippen molar-refractivity contribution in [2.75, 3.05) is 19.7 Å². The van der Waals surface area contributed by atoms with Gasteiger partial charge in [0.1, 0.15) is 0 Å². The van der Waals surface area contributed by atoms with Crippen molar-refractivity contribution in [1.82, 2.24) is 19.7 Å². The van der Waals surface area contributed by atoms with Gasteiger partial charge in [0.05, 0.1) is 29.4 Å². The molecular formula is C21H26N4O2. The minimum Gasteiger partial charge on any atom is -0.395 e. The first kappa shape index (κ1) is 19.0. The van der Waals surface area contributed by atoms with Gasteiger partial charge in [-0.3, -0.25) is 4.79 Å². The fourth-order valence-electron chi connectivity index (χ4n) is 3.27. The molecule has 2 heterocycles. The molecule has 6 nitrogen and oxygen atoms in total. The molecule has 0 aliphatic heterocycles. The van der Waals surface area contributed by atoms with Crippen molar-refractivity contribution in [2.45, 2.75) is 33.7 Å². The van der Waals surface area contributed by atoms with E-state index in [1.807, 2.05) is 62.7 Å². The van der Waals surface area contributed by atoms with Crippen LogP contribution in [0, 0.1) is 6.92 Å². The Balaban J connectivity index is 2.25. The number of fused-ring (bicyclic) bond motifs is 1. The van der Waals surface area contributed by atoms with Crippen LogP contribution in [-0.2, 0) is 0 Å². The molecule has 0 unspecified atom stereocenters. The van der Waals surface area contributed by atoms with Gasteiger partial charge in [-0.1, -0.05) is 24.3 Å². The first-order valence-electron chi connectivity index (χ1n) is 9.32. The molecule has 1 aromatic carbocycles. The molecule has 0 radical (unpaired) electrons. The van der Waals surface area contributed by atoms with E-state index in [1.54, 1.807) is 11.1 Å². The van der Waals surface area contributed by atoms with Crippen LogP contribution in [-0.4, -0.2) is 50.4 Å². The summed E-state index contributed by atoms with van der Waals surface area (Å²) in [5.41, 5.74) is 4.12. The van der Waals surface area contributed by atoms with Crippen LogP contribution < -0.4 is 0 Å². The molecule has 1 amide bonds. The average molecular weight is 366 g/mol. The van der Waals surface area contributed by atoms with E-state index in [9.17, 15) is 9.90 Å². The lowest BCUT2D eigenvalue weighted by atomic mass is 10.0. The van der Waals surface area contributed by atoms with Gasteiger partial charge in [-0.15, -0.1) is 0 Å². The Bertz CT molecular complexity index is 962. The van der Waals surface area contributed by atoms with Gasteiger partial charge < -0.3 is 10.0 Å². The molecule has 6 heteroatoms. The maximum Gasteiger partial charge on any atom is 0.254 e. The average Bonchev–Trinajstić information content (AvgIpc) is 3.09. The summed E-state index contributed by atoms with van der Waals surface area (Å²) in [6.07, 6.45) is 1.71. The van der Waals surface area contributed by atoms with E-state index >= 15 is 0 Å². The Morgan fingerprint density at radius 3 is 2.67 bits per heavy atom. The van der Waals surface area contributed by atoms with Crippen molar-refractivity contribution >= 4 is 16.9 Å². The summed E-state index contributed by atoms with van der Waals surface area (Å²) >= 11 is 0. The fraction of sp³-hybridized carbons (Fsp3) is 0.381. The van der Waals surface area contributed by atoms with E-state index in [0.29, 0.717) is 24.3 Å². The summed E-state index contributed by atoms with van der Waals surface area (Å²) in [4.78, 5) is 19.7. The van der Waals surface area contributed by atoms with Crippen LogP contribution in [0.4, 0.5) is 0 Å². The Labute approximate surface area is 159 Å². The van der Waals surface area contributed by atoms with Crippen LogP contribution in [0.3, 0.4) is 0 Å². The van der Waals surface area contributed by atoms with Crippen LogP contribution in [0.2, 0.25) is 0 Å². The first-order chi connectivity index (χ1) is 13.0. The van der Waals surface area contributed by atoms with E-state index in [2.05, 4.69) is 5.10 Å². The first-order valence-corrected chi connectivity index (χ1v) is 9.32. The third kappa shape index (κ3) is 3.57. The number of carbonyl (C=O) groups excluding carboxylic acids is 1. The van der Waals surface area contributed by atoms with Gasteiger partial charge in [-0.25, -0.2) is 9.67 Å². The Kier molecular flexibility index (Phi) is 5.56. The lowest BCUT2D eigenvalue weighted by Gasteiger charge is -2.20. The Morgan fingerprint density at radius 1 is 1.30 bits per heavy atom. The number of aliphatic hydroxyl groups is 1. The summed E-state index contributed by atoms with van der Waals surface area (Å²) in [5, 5.41) is 14.5. The van der Waals surface area contributed by atoms with Gasteiger partial charge in [0.25, 0.3) is 5.91 Å². The second kappa shape index (κ2) is 7.88. The Hall–Kier alpha value is -2.73. The minimum atomic E-state index is -0.114. The molecule has 3 rings (SSSR count). The van der Waals surface area contributed by atoms with Crippen molar-refractivity contribution in [1.29, 1.82) is 0 Å². The number of aryl methyl sites for hydroxylation is 1. The lowest BCUT2D eigenvalue weighted by Crippen LogP contribution is -2.33. The number of hydrogen-bond donors (Lipinski definition) is 1. The number of carbonyl (C=O) groups is 1. The van der Waals surface area contributed by atoms with Crippen molar-refractivity contribution in [3.8, 4) is 11.3 Å². The largest absolute Gasteiger partial charge is 0.395 e. The van der Waals surface area contributed by atoms with E-state index in [1.165, 1.54) is 0 Å². The van der Waals surface area contributed by atoms with Crippen LogP contribution in [0.5, 0.6) is 0 Å². The van der Waals surface area contributed by atoms with E-state index < -0.39 is 0 Å². The minimum absolute atomic E-state index is 0.0658. The highest BCUT2D eigenvalue weighted by atomic mass is 16.3. The summed E-state index contributed by atoms with van der Waals surface area (Å²) < 4.78 is 1.84. The smallest absolute Gasteiger partial charge is 0.254 e. The van der Waals surface area contributed by atoms with Crippen molar-refractivity contribution < 1.29 is 9.90 Å². The number of rotatable bonds is 6. The molecule has 0 fully saturated rings. The summed E-state index contributed by atoms with van der Waals surface area (Å²) in [7, 11) is 0. The van der Waals surface area contributed by atoms with Crippen LogP contribution >= 0.6 is 0 Å². The quantitative estimate of drug-likeness (QED) is 0.725. The van der Waals surface area contributed by atoms with E-state index in [0.717, 1.165) is 22.2 Å². The van der Waals surface area contributed by atoms with Gasteiger partial charge >= 0.3 is 0 Å². The van der Waals surface area contributed by atoms with E-state index in [4.69, 9.17) is 4.98 Å². The number of hydrogen-bond acceptors (Lipinski definition) is 4. The third-order valence-corrected chi connectivity index (χ3v) is 4.75. The third-order valence-electron chi connectivity index (χ3n) is 4.75. The van der Waals surface area contributed by atoms with Crippen molar-refractivity contribution in [2.24, 2.45) is 0 Å². The van der Waals surface area contributed by atoms with Gasteiger partial charge in [-0.05, 0) is 39.3 Å². The Morgan fingerprint density at radius 2 is 2.04 bits per heavy atom. The fourth-order valence-corrected chi connectivity index (χ4v) is 3.27. The SMILES string of the molecule is CCN(CCO)C(=O)c1cc(-c2ccccc2C)nc2c1cnn2C(C)C. The van der Waals surface area contributed by atoms with Gasteiger partial charge in [-0.2, -0.15) is 5.10 Å². The zero-order valence-electron chi connectivity index (χ0n) is 16.3. The molecule has 0 spiro atoms. The number of likely N-dealkylation sites (N-methyl/N-ethyl adjacent to an activating group) is 1. The molecule has 2 aromatic heterocycles. The second-order valence-electron chi connectivity index (χ2n) is 6.90. The topological polar surface area (TPSA) is 71.2 Å². The molecule has 142 valence electrons. The highest BCUT2D eigenvalue weighted by Crippen LogP contribution is 2.28. The normalized spacial score (nSPS) is 11.3. The number of pyridine rings is 1. The molecule has 0 bridgehead atoms. The number of benzene rings is 1. The number of aliphatic hydroxyl groups excluding tert-OH is 1. The zero-order valence-corrected chi connectivity index (χ0v) is 16.3. The molecule has 0 atom stereocenters. The zero-order chi connectivity index (χ0) is 19.6. The maximum atomic E-state index is 13.2. The highest BCUT2D eigenvalue weighted by Gasteiger charge is 2.22. The molecule has 1 N–H and O–H groups in total. The highest BCUT2D eigenvalue weighted by molar-refractivity contribution is 6.06. The van der Waals surface area contributed by atoms with Crippen molar-refractivity contribution in [3.63, 3.8) is 0 Å². The summed E-state index contributed by atoms with van der Waals surface area (Å²) in [6.45, 7) is 8.79. The summed E-state index contributed by atoms with van der Waals surface area (Å²) in [6, 6.07) is 9.98. The molecule has 0 aliphatic carbocycles. The predicted octanol–water partition coefficient (Wildman–Crippen LogP) is 3.44. The van der Waals surface area contributed by atoms with Gasteiger partial charge in [0.2, 0.25) is 0 Å². The molecule has 0 saturated heterocycles. The van der Waals surface area contributed by atoms with E-state index in [-0.39, 0.29) is 18.6 Å². The molecule has 27 heavy (non-hydrogen) atoms. The van der Waals surface area contributed by atoms with Crippen molar-refractivity contribution in [3.05, 3.63) is 47.7 Å². The second-order valence-corrected chi connectivity index (χ2v) is 6.90. The molecular weight excluding hydrogens is 340 g/mol. The predicted molar refractivity (Wildman–Crippen MR) is 107 cm³/mol. The number of amides is 1. The number of nitrogens with zero attached hydrogens (tertiary/aromatic N) is 4. The molecule has 3 aromatic rings. The summed E-state index contributed by atoms with van der Waals surface area (Å²) in [5.74, 6) is -0.114. The maximum absolute atomic E-state index is 13.2. The lowest BCUT2D eigenvalue weighted by molar-refractivity contribution is 0.0734. The van der Waals surface area contributed by atoms with Crippen LogP contribution in [0.1, 0.15) is 42.7 Å². The monoisotopic (exact) mass is 366 g/mol.